The van der Waals surface area contributed by atoms with Gasteiger partial charge in [-0.05, 0) is 143 Å². The summed E-state index contributed by atoms with van der Waals surface area (Å²) in [5, 5.41) is 2.66. The second-order valence-electron chi connectivity index (χ2n) is 16.2. The van der Waals surface area contributed by atoms with Crippen LogP contribution in [0.1, 0.15) is 64.1 Å². The number of fused-ring (bicyclic) bond motifs is 4. The largest absolute Gasteiger partial charge is 0.310 e. The maximum absolute atomic E-state index is 4.12. The molecule has 1 aliphatic carbocycles. The summed E-state index contributed by atoms with van der Waals surface area (Å²) in [6.45, 7) is 6.21. The third-order valence-corrected chi connectivity index (χ3v) is 13.7. The van der Waals surface area contributed by atoms with Gasteiger partial charge in [-0.25, -0.2) is 0 Å². The number of para-hydroxylation sites is 1. The van der Waals surface area contributed by atoms with Crippen LogP contribution in [-0.2, 0) is 19.3 Å². The Hall–Kier alpha value is -6.74. The lowest BCUT2D eigenvalue weighted by Gasteiger charge is -2.20. The molecule has 0 aliphatic heterocycles. The van der Waals surface area contributed by atoms with Crippen LogP contribution in [0.25, 0.3) is 72.2 Å². The normalized spacial score (nSPS) is 12.9. The molecule has 0 N–H and O–H groups in total. The first kappa shape index (κ1) is 38.5. The van der Waals surface area contributed by atoms with Crippen molar-refractivity contribution in [1.82, 2.24) is 4.57 Å². The summed E-state index contributed by atoms with van der Waals surface area (Å²) >= 11 is 1.96. The molecule has 296 valence electrons. The monoisotopic (exact) mass is 803 g/mol. The van der Waals surface area contributed by atoms with Crippen molar-refractivity contribution in [2.24, 2.45) is 0 Å². The number of nitrogens with zero attached hydrogens (tertiary/aromatic N) is 1. The van der Waals surface area contributed by atoms with Crippen molar-refractivity contribution < 1.29 is 0 Å². The first-order valence-electron chi connectivity index (χ1n) is 21.7. The molecule has 10 rings (SSSR count). The Morgan fingerprint density at radius 2 is 1.23 bits per heavy atom. The van der Waals surface area contributed by atoms with Crippen molar-refractivity contribution in [2.75, 3.05) is 0 Å². The number of thiophene rings is 1. The van der Waals surface area contributed by atoms with Gasteiger partial charge in [-0.3, -0.25) is 0 Å². The second-order valence-corrected chi connectivity index (χ2v) is 17.4. The van der Waals surface area contributed by atoms with Crippen molar-refractivity contribution in [3.05, 3.63) is 233 Å². The number of hydrogen-bond acceptors (Lipinski definition) is 1. The molecule has 0 fully saturated rings. The molecular weight excluding hydrogens is 755 g/mol. The molecule has 0 spiro atoms. The standard InChI is InChI=1S/C59H49NS/c1-3-13-52-54-39-48(34-37-57(54)60(56(52)14-4-2)50-17-9-6-10-18-50)44-24-21-41(22-25-44)23-36-51(46-30-26-43(27-31-46)42-15-7-5-8-16-42)47-32-28-45(29-33-47)49-35-38-59-55(40-49)53-19-11-12-20-58(53)61-59/h3-11,14-19,21-22,24-35,37-40,51H,1,12-13,20,23,36H2,2H3/b14-4-. The summed E-state index contributed by atoms with van der Waals surface area (Å²) in [4.78, 5) is 1.52. The van der Waals surface area contributed by atoms with Crippen molar-refractivity contribution in [3.63, 3.8) is 0 Å². The smallest absolute Gasteiger partial charge is 0.0538 e. The van der Waals surface area contributed by atoms with E-state index in [4.69, 9.17) is 0 Å². The summed E-state index contributed by atoms with van der Waals surface area (Å²) in [7, 11) is 0. The Morgan fingerprint density at radius 3 is 1.90 bits per heavy atom. The first-order chi connectivity index (χ1) is 30.1. The lowest BCUT2D eigenvalue weighted by molar-refractivity contribution is 0.715. The number of hydrogen-bond donors (Lipinski definition) is 0. The van der Waals surface area contributed by atoms with E-state index < -0.39 is 0 Å². The molecule has 61 heavy (non-hydrogen) atoms. The predicted molar refractivity (Wildman–Crippen MR) is 264 cm³/mol. The number of rotatable bonds is 12. The third-order valence-electron chi connectivity index (χ3n) is 12.5. The first-order valence-corrected chi connectivity index (χ1v) is 22.5. The SMILES string of the molecule is C=CCc1c(/C=C\C)n(-c2ccccc2)c2ccc(-c3ccc(CCC(c4ccc(-c5ccccc5)cc4)c4ccc(-c5ccc6sc7c(c6c5)C=CCC7)cc4)cc3)cc12. The van der Waals surface area contributed by atoms with Gasteiger partial charge in [0.05, 0.1) is 11.2 Å². The molecule has 0 saturated carbocycles. The van der Waals surface area contributed by atoms with E-state index in [9.17, 15) is 0 Å². The predicted octanol–water partition coefficient (Wildman–Crippen LogP) is 16.3. The van der Waals surface area contributed by atoms with E-state index in [2.05, 4.69) is 212 Å². The zero-order chi connectivity index (χ0) is 41.1. The molecule has 1 aliphatic rings. The Bertz CT molecular complexity index is 3030. The zero-order valence-electron chi connectivity index (χ0n) is 34.7. The Balaban J connectivity index is 0.935. The minimum atomic E-state index is 0.265. The van der Waals surface area contributed by atoms with Crippen LogP contribution in [0.3, 0.4) is 0 Å². The van der Waals surface area contributed by atoms with Crippen LogP contribution in [0.2, 0.25) is 0 Å². The average molecular weight is 804 g/mol. The van der Waals surface area contributed by atoms with Gasteiger partial charge in [0.2, 0.25) is 0 Å². The number of aromatic nitrogens is 1. The molecule has 2 heteroatoms. The van der Waals surface area contributed by atoms with Gasteiger partial charge in [0.25, 0.3) is 0 Å². The van der Waals surface area contributed by atoms with Crippen LogP contribution >= 0.6 is 11.3 Å². The second kappa shape index (κ2) is 17.1. The Morgan fingerprint density at radius 1 is 0.639 bits per heavy atom. The van der Waals surface area contributed by atoms with Crippen molar-refractivity contribution >= 4 is 44.5 Å². The van der Waals surface area contributed by atoms with Crippen LogP contribution in [-0.4, -0.2) is 4.57 Å². The fourth-order valence-corrected chi connectivity index (χ4v) is 10.6. The highest BCUT2D eigenvalue weighted by molar-refractivity contribution is 7.19. The zero-order valence-corrected chi connectivity index (χ0v) is 35.5. The number of aryl methyl sites for hydroxylation is 2. The van der Waals surface area contributed by atoms with Crippen molar-refractivity contribution in [2.45, 2.75) is 44.9 Å². The molecule has 7 aromatic carbocycles. The van der Waals surface area contributed by atoms with E-state index in [1.54, 1.807) is 0 Å². The van der Waals surface area contributed by atoms with Crippen molar-refractivity contribution in [1.29, 1.82) is 0 Å². The fourth-order valence-electron chi connectivity index (χ4n) is 9.38. The molecular formula is C59H49NS. The van der Waals surface area contributed by atoms with Crippen LogP contribution in [0, 0.1) is 0 Å². The summed E-state index contributed by atoms with van der Waals surface area (Å²) in [5.74, 6) is 0.265. The van der Waals surface area contributed by atoms with E-state index in [-0.39, 0.29) is 5.92 Å². The van der Waals surface area contributed by atoms with Crippen LogP contribution in [0.5, 0.6) is 0 Å². The van der Waals surface area contributed by atoms with Gasteiger partial charge < -0.3 is 4.57 Å². The van der Waals surface area contributed by atoms with Gasteiger partial charge in [0, 0.05) is 32.0 Å². The highest BCUT2D eigenvalue weighted by Gasteiger charge is 2.19. The number of allylic oxidation sites excluding steroid dienone is 3. The van der Waals surface area contributed by atoms with Crippen molar-refractivity contribution in [3.8, 4) is 39.1 Å². The van der Waals surface area contributed by atoms with E-state index in [0.29, 0.717) is 0 Å². The topological polar surface area (TPSA) is 4.93 Å². The van der Waals surface area contributed by atoms with E-state index in [0.717, 1.165) is 32.1 Å². The molecule has 0 amide bonds. The average Bonchev–Trinajstić information content (AvgIpc) is 3.85. The lowest BCUT2D eigenvalue weighted by atomic mass is 9.85. The molecule has 1 atom stereocenters. The Kier molecular flexibility index (Phi) is 10.8. The van der Waals surface area contributed by atoms with Crippen LogP contribution in [0.15, 0.2) is 195 Å². The summed E-state index contributed by atoms with van der Waals surface area (Å²) in [6, 6.07) is 63.2. The number of benzene rings is 7. The van der Waals surface area contributed by atoms with E-state index in [1.807, 2.05) is 17.4 Å². The lowest BCUT2D eigenvalue weighted by Crippen LogP contribution is -2.03. The molecule has 9 aromatic rings. The molecule has 0 radical (unpaired) electrons. The summed E-state index contributed by atoms with van der Waals surface area (Å²) in [5.41, 5.74) is 17.9. The van der Waals surface area contributed by atoms with Gasteiger partial charge in [0.15, 0.2) is 0 Å². The quantitative estimate of drug-likeness (QED) is 0.108. The van der Waals surface area contributed by atoms with Gasteiger partial charge in [-0.1, -0.05) is 158 Å². The van der Waals surface area contributed by atoms with E-state index >= 15 is 0 Å². The van der Waals surface area contributed by atoms with E-state index in [1.165, 1.54) is 98.4 Å². The van der Waals surface area contributed by atoms with Gasteiger partial charge in [-0.15, -0.1) is 17.9 Å². The third kappa shape index (κ3) is 7.65. The van der Waals surface area contributed by atoms with Gasteiger partial charge >= 0.3 is 0 Å². The maximum Gasteiger partial charge on any atom is 0.0538 e. The molecule has 1 unspecified atom stereocenters. The Labute approximate surface area is 364 Å². The molecule has 2 heterocycles. The fraction of sp³-hybridized carbons (Fsp3) is 0.119. The van der Waals surface area contributed by atoms with Gasteiger partial charge in [-0.2, -0.15) is 0 Å². The molecule has 0 bridgehead atoms. The van der Waals surface area contributed by atoms with Crippen LogP contribution in [0.4, 0.5) is 0 Å². The minimum absolute atomic E-state index is 0.265. The highest BCUT2D eigenvalue weighted by atomic mass is 32.1. The highest BCUT2D eigenvalue weighted by Crippen LogP contribution is 2.39. The minimum Gasteiger partial charge on any atom is -0.310 e. The van der Waals surface area contributed by atoms with Gasteiger partial charge in [0.1, 0.15) is 0 Å². The molecule has 1 nitrogen and oxygen atoms in total. The van der Waals surface area contributed by atoms with Crippen LogP contribution < -0.4 is 0 Å². The summed E-state index contributed by atoms with van der Waals surface area (Å²) in [6.07, 6.45) is 16.1. The maximum atomic E-state index is 4.12. The molecule has 0 saturated heterocycles. The molecule has 2 aromatic heterocycles. The summed E-state index contributed by atoms with van der Waals surface area (Å²) < 4.78 is 3.77.